The van der Waals surface area contributed by atoms with Crippen molar-refractivity contribution in [3.05, 3.63) is 76.6 Å². The summed E-state index contributed by atoms with van der Waals surface area (Å²) in [7, 11) is 0. The zero-order valence-electron chi connectivity index (χ0n) is 16.5. The van der Waals surface area contributed by atoms with Crippen LogP contribution >= 0.6 is 23.4 Å². The van der Waals surface area contributed by atoms with Crippen LogP contribution in [0.4, 0.5) is 0 Å². The third-order valence-corrected chi connectivity index (χ3v) is 6.71. The monoisotopic (exact) mass is 438 g/mol. The second kappa shape index (κ2) is 8.44. The van der Waals surface area contributed by atoms with Crippen molar-refractivity contribution in [1.82, 2.24) is 20.1 Å². The fourth-order valence-electron chi connectivity index (χ4n) is 3.68. The maximum Gasteiger partial charge on any atom is 0.231 e. The molecule has 1 amide bonds. The Morgan fingerprint density at radius 1 is 1.03 bits per heavy atom. The van der Waals surface area contributed by atoms with Crippen LogP contribution in [-0.4, -0.2) is 26.4 Å². The predicted molar refractivity (Wildman–Crippen MR) is 119 cm³/mol. The highest BCUT2D eigenvalue weighted by molar-refractivity contribution is 7.99. The topological polar surface area (TPSA) is 59.8 Å². The number of benzene rings is 2. The Bertz CT molecular complexity index is 1030. The van der Waals surface area contributed by atoms with Crippen LogP contribution in [0.3, 0.4) is 0 Å². The molecule has 1 atom stereocenters. The summed E-state index contributed by atoms with van der Waals surface area (Å²) in [5.41, 5.74) is 2.04. The number of hydrogen-bond donors (Lipinski definition) is 1. The molecule has 5 rings (SSSR count). The molecule has 1 N–H and O–H groups in total. The van der Waals surface area contributed by atoms with E-state index in [1.165, 1.54) is 37.4 Å². The van der Waals surface area contributed by atoms with Gasteiger partial charge in [-0.25, -0.2) is 0 Å². The second-order valence-electron chi connectivity index (χ2n) is 7.97. The Labute approximate surface area is 185 Å². The Morgan fingerprint density at radius 2 is 1.73 bits per heavy atom. The molecule has 0 radical (unpaired) electrons. The summed E-state index contributed by atoms with van der Waals surface area (Å²) in [5, 5.41) is 13.6. The molecule has 0 saturated heterocycles. The largest absolute Gasteiger partial charge is 0.344 e. The van der Waals surface area contributed by atoms with Gasteiger partial charge in [0, 0.05) is 17.0 Å². The first kappa shape index (κ1) is 19.6. The number of carbonyl (C=O) groups excluding carboxylic acids is 1. The molecule has 1 aromatic heterocycles. The number of halogens is 1. The second-order valence-corrected chi connectivity index (χ2v) is 9.35. The predicted octanol–water partition coefficient (Wildman–Crippen LogP) is 5.14. The highest BCUT2D eigenvalue weighted by atomic mass is 35.5. The molecule has 30 heavy (non-hydrogen) atoms. The van der Waals surface area contributed by atoms with E-state index in [9.17, 15) is 4.79 Å². The fourth-order valence-corrected chi connectivity index (χ4v) is 4.62. The van der Waals surface area contributed by atoms with Crippen molar-refractivity contribution in [2.24, 2.45) is 0 Å². The van der Waals surface area contributed by atoms with Gasteiger partial charge < -0.3 is 9.88 Å². The number of carbonyl (C=O) groups is 1. The number of aromatic nitrogens is 3. The molecule has 2 saturated carbocycles. The zero-order valence-corrected chi connectivity index (χ0v) is 18.1. The normalized spacial score (nSPS) is 17.0. The molecule has 7 heteroatoms. The lowest BCUT2D eigenvalue weighted by Gasteiger charge is -2.20. The summed E-state index contributed by atoms with van der Waals surface area (Å²) >= 11 is 7.53. The van der Waals surface area contributed by atoms with Gasteiger partial charge in [-0.2, -0.15) is 0 Å². The molecule has 0 unspecified atom stereocenters. The SMILES string of the molecule is O=C(CSc1nnc(C2CC2)n1C1CC1)N[C@H](c1ccccc1)c1ccc(Cl)cc1. The van der Waals surface area contributed by atoms with Crippen LogP contribution in [0.25, 0.3) is 0 Å². The third kappa shape index (κ3) is 4.40. The minimum atomic E-state index is -0.222. The van der Waals surface area contributed by atoms with Gasteiger partial charge in [0.25, 0.3) is 0 Å². The van der Waals surface area contributed by atoms with E-state index in [1.807, 2.05) is 54.6 Å². The van der Waals surface area contributed by atoms with Crippen molar-refractivity contribution >= 4 is 29.3 Å². The van der Waals surface area contributed by atoms with Gasteiger partial charge in [-0.15, -0.1) is 10.2 Å². The van der Waals surface area contributed by atoms with E-state index < -0.39 is 0 Å². The first-order valence-electron chi connectivity index (χ1n) is 10.4. The summed E-state index contributed by atoms with van der Waals surface area (Å²) in [6.07, 6.45) is 4.78. The Hall–Kier alpha value is -2.31. The number of thioether (sulfide) groups is 1. The molecule has 3 aromatic rings. The molecule has 0 spiro atoms. The molecular weight excluding hydrogens is 416 g/mol. The summed E-state index contributed by atoms with van der Waals surface area (Å²) in [5.74, 6) is 1.96. The quantitative estimate of drug-likeness (QED) is 0.494. The van der Waals surface area contributed by atoms with Gasteiger partial charge in [0.15, 0.2) is 5.16 Å². The van der Waals surface area contributed by atoms with Gasteiger partial charge >= 0.3 is 0 Å². The summed E-state index contributed by atoms with van der Waals surface area (Å²) in [4.78, 5) is 12.9. The summed E-state index contributed by atoms with van der Waals surface area (Å²) < 4.78 is 2.28. The molecule has 0 aliphatic heterocycles. The van der Waals surface area contributed by atoms with Crippen molar-refractivity contribution in [3.8, 4) is 0 Å². The Balaban J connectivity index is 1.30. The van der Waals surface area contributed by atoms with Crippen molar-refractivity contribution in [2.75, 3.05) is 5.75 Å². The average Bonchev–Trinajstić information content (AvgIpc) is 3.71. The van der Waals surface area contributed by atoms with E-state index in [2.05, 4.69) is 20.1 Å². The molecule has 1 heterocycles. The molecular formula is C23H23ClN4OS. The number of hydrogen-bond acceptors (Lipinski definition) is 4. The minimum absolute atomic E-state index is 0.0258. The van der Waals surface area contributed by atoms with E-state index in [4.69, 9.17) is 11.6 Å². The first-order valence-corrected chi connectivity index (χ1v) is 11.7. The molecule has 2 fully saturated rings. The lowest BCUT2D eigenvalue weighted by Crippen LogP contribution is -2.30. The number of nitrogens with one attached hydrogen (secondary N) is 1. The third-order valence-electron chi connectivity index (χ3n) is 5.52. The van der Waals surface area contributed by atoms with E-state index in [0.717, 1.165) is 22.1 Å². The lowest BCUT2D eigenvalue weighted by atomic mass is 9.99. The van der Waals surface area contributed by atoms with Crippen LogP contribution in [0.2, 0.25) is 5.02 Å². The maximum absolute atomic E-state index is 12.9. The summed E-state index contributed by atoms with van der Waals surface area (Å²) in [6, 6.07) is 17.9. The number of amides is 1. The molecule has 2 aliphatic carbocycles. The molecule has 154 valence electrons. The molecule has 5 nitrogen and oxygen atoms in total. The molecule has 2 aromatic carbocycles. The summed E-state index contributed by atoms with van der Waals surface area (Å²) in [6.45, 7) is 0. The van der Waals surface area contributed by atoms with Crippen molar-refractivity contribution in [3.63, 3.8) is 0 Å². The van der Waals surface area contributed by atoms with Crippen LogP contribution in [0.1, 0.15) is 60.6 Å². The van der Waals surface area contributed by atoms with Crippen molar-refractivity contribution in [1.29, 1.82) is 0 Å². The fraction of sp³-hybridized carbons (Fsp3) is 0.348. The molecule has 2 aliphatic rings. The highest BCUT2D eigenvalue weighted by Gasteiger charge is 2.36. The van der Waals surface area contributed by atoms with E-state index in [0.29, 0.717) is 22.7 Å². The Morgan fingerprint density at radius 3 is 2.40 bits per heavy atom. The van der Waals surface area contributed by atoms with E-state index in [1.54, 1.807) is 0 Å². The first-order chi connectivity index (χ1) is 14.7. The highest BCUT2D eigenvalue weighted by Crippen LogP contribution is 2.46. The van der Waals surface area contributed by atoms with E-state index in [-0.39, 0.29) is 11.9 Å². The average molecular weight is 439 g/mol. The Kier molecular flexibility index (Phi) is 5.52. The smallest absolute Gasteiger partial charge is 0.231 e. The van der Waals surface area contributed by atoms with Gasteiger partial charge in [-0.3, -0.25) is 4.79 Å². The van der Waals surface area contributed by atoms with E-state index >= 15 is 0 Å². The van der Waals surface area contributed by atoms with Gasteiger partial charge in [0.05, 0.1) is 11.8 Å². The molecule has 0 bridgehead atoms. The van der Waals surface area contributed by atoms with Crippen molar-refractivity contribution in [2.45, 2.75) is 48.8 Å². The van der Waals surface area contributed by atoms with Gasteiger partial charge in [-0.05, 0) is 48.9 Å². The van der Waals surface area contributed by atoms with Crippen LogP contribution in [0.5, 0.6) is 0 Å². The van der Waals surface area contributed by atoms with Crippen LogP contribution in [-0.2, 0) is 4.79 Å². The van der Waals surface area contributed by atoms with Crippen LogP contribution < -0.4 is 5.32 Å². The van der Waals surface area contributed by atoms with Gasteiger partial charge in [-0.1, -0.05) is 65.8 Å². The van der Waals surface area contributed by atoms with Gasteiger partial charge in [0.2, 0.25) is 5.91 Å². The van der Waals surface area contributed by atoms with Gasteiger partial charge in [0.1, 0.15) is 5.82 Å². The van der Waals surface area contributed by atoms with Crippen molar-refractivity contribution < 1.29 is 4.79 Å². The van der Waals surface area contributed by atoms with Crippen LogP contribution in [0, 0.1) is 0 Å². The lowest BCUT2D eigenvalue weighted by molar-refractivity contribution is -0.119. The standard InChI is InChI=1S/C23H23ClN4OS/c24-18-10-8-16(9-11-18)21(15-4-2-1-3-5-15)25-20(29)14-30-23-27-26-22(17-6-7-17)28(23)19-12-13-19/h1-5,8-11,17,19,21H,6-7,12-14H2,(H,25,29)/t21-/m1/s1. The van der Waals surface area contributed by atoms with Crippen LogP contribution in [0.15, 0.2) is 59.8 Å². The zero-order chi connectivity index (χ0) is 20.5. The number of nitrogens with zero attached hydrogens (tertiary/aromatic N) is 3. The number of rotatable bonds is 8. The minimum Gasteiger partial charge on any atom is -0.344 e. The maximum atomic E-state index is 12.9.